The van der Waals surface area contributed by atoms with Crippen molar-refractivity contribution >= 4 is 0 Å². The molecule has 1 heterocycles. The van der Waals surface area contributed by atoms with E-state index in [1.54, 1.807) is 0 Å². The summed E-state index contributed by atoms with van der Waals surface area (Å²) in [5.41, 5.74) is 0. The second kappa shape index (κ2) is 5.16. The van der Waals surface area contributed by atoms with Crippen molar-refractivity contribution < 1.29 is 4.74 Å². The second-order valence-corrected chi connectivity index (χ2v) is 5.18. The predicted octanol–water partition coefficient (Wildman–Crippen LogP) is 2.18. The third-order valence-electron chi connectivity index (χ3n) is 4.28. The van der Waals surface area contributed by atoms with Crippen molar-refractivity contribution in [3.63, 3.8) is 0 Å². The standard InChI is InChI=1S/C13H22N2O/c1-10-12(7-8-16-10)15(2)13-6-4-3-5-11(13)9-14/h10-13H,3-8H2,1-2H3. The van der Waals surface area contributed by atoms with Crippen LogP contribution in [0.25, 0.3) is 0 Å². The van der Waals surface area contributed by atoms with Gasteiger partial charge in [0.25, 0.3) is 0 Å². The number of likely N-dealkylation sites (N-methyl/N-ethyl adjacent to an activating group) is 1. The van der Waals surface area contributed by atoms with Gasteiger partial charge >= 0.3 is 0 Å². The van der Waals surface area contributed by atoms with Crippen LogP contribution in [-0.4, -0.2) is 36.7 Å². The first-order valence-corrected chi connectivity index (χ1v) is 6.47. The minimum atomic E-state index is 0.228. The summed E-state index contributed by atoms with van der Waals surface area (Å²) < 4.78 is 5.62. The van der Waals surface area contributed by atoms with Crippen molar-refractivity contribution in [3.8, 4) is 6.07 Å². The van der Waals surface area contributed by atoms with Gasteiger partial charge in [0.05, 0.1) is 18.1 Å². The summed E-state index contributed by atoms with van der Waals surface area (Å²) in [7, 11) is 2.18. The smallest absolute Gasteiger partial charge is 0.0703 e. The summed E-state index contributed by atoms with van der Waals surface area (Å²) in [5.74, 6) is 0.228. The van der Waals surface area contributed by atoms with Crippen LogP contribution in [0.15, 0.2) is 0 Å². The molecule has 0 aromatic carbocycles. The minimum Gasteiger partial charge on any atom is -0.377 e. The molecule has 2 fully saturated rings. The Morgan fingerprint density at radius 1 is 1.19 bits per heavy atom. The molecule has 0 bridgehead atoms. The first kappa shape index (κ1) is 11.9. The molecule has 0 N–H and O–H groups in total. The molecule has 4 atom stereocenters. The van der Waals surface area contributed by atoms with E-state index in [-0.39, 0.29) is 5.92 Å². The summed E-state index contributed by atoms with van der Waals surface area (Å²) in [4.78, 5) is 2.42. The van der Waals surface area contributed by atoms with Crippen molar-refractivity contribution in [1.82, 2.24) is 4.90 Å². The average Bonchev–Trinajstić information content (AvgIpc) is 2.74. The lowest BCUT2D eigenvalue weighted by molar-refractivity contribution is 0.0487. The molecule has 2 aliphatic rings. The summed E-state index contributed by atoms with van der Waals surface area (Å²) >= 11 is 0. The number of hydrogen-bond donors (Lipinski definition) is 0. The van der Waals surface area contributed by atoms with E-state index >= 15 is 0 Å². The normalized spacial score (nSPS) is 39.9. The highest BCUT2D eigenvalue weighted by Gasteiger charge is 2.36. The van der Waals surface area contributed by atoms with Crippen molar-refractivity contribution in [2.75, 3.05) is 13.7 Å². The largest absolute Gasteiger partial charge is 0.377 e. The molecule has 0 amide bonds. The Balaban J connectivity index is 2.01. The maximum atomic E-state index is 9.21. The zero-order valence-corrected chi connectivity index (χ0v) is 10.4. The van der Waals surface area contributed by atoms with E-state index in [2.05, 4.69) is 24.9 Å². The minimum absolute atomic E-state index is 0.228. The number of rotatable bonds is 2. The second-order valence-electron chi connectivity index (χ2n) is 5.18. The molecular formula is C13H22N2O. The third-order valence-corrected chi connectivity index (χ3v) is 4.28. The van der Waals surface area contributed by atoms with E-state index in [1.807, 2.05) is 0 Å². The van der Waals surface area contributed by atoms with Crippen molar-refractivity contribution in [3.05, 3.63) is 0 Å². The molecule has 90 valence electrons. The van der Waals surface area contributed by atoms with Gasteiger partial charge in [-0.05, 0) is 33.2 Å². The molecule has 1 aliphatic heterocycles. The van der Waals surface area contributed by atoms with Gasteiger partial charge in [-0.25, -0.2) is 0 Å². The van der Waals surface area contributed by atoms with Crippen LogP contribution in [0.5, 0.6) is 0 Å². The number of nitrogens with zero attached hydrogens (tertiary/aromatic N) is 2. The van der Waals surface area contributed by atoms with Gasteiger partial charge in [-0.3, -0.25) is 4.90 Å². The molecule has 0 spiro atoms. The topological polar surface area (TPSA) is 36.3 Å². The van der Waals surface area contributed by atoms with Crippen molar-refractivity contribution in [1.29, 1.82) is 5.26 Å². The van der Waals surface area contributed by atoms with Crippen LogP contribution in [0, 0.1) is 17.2 Å². The van der Waals surface area contributed by atoms with E-state index < -0.39 is 0 Å². The van der Waals surface area contributed by atoms with Crippen LogP contribution in [0.3, 0.4) is 0 Å². The fourth-order valence-corrected chi connectivity index (χ4v) is 3.25. The fourth-order valence-electron chi connectivity index (χ4n) is 3.25. The molecule has 1 saturated heterocycles. The first-order chi connectivity index (χ1) is 7.74. The van der Waals surface area contributed by atoms with Gasteiger partial charge in [-0.2, -0.15) is 5.26 Å². The Hall–Kier alpha value is -0.590. The monoisotopic (exact) mass is 222 g/mol. The Morgan fingerprint density at radius 2 is 1.94 bits per heavy atom. The zero-order chi connectivity index (χ0) is 11.5. The van der Waals surface area contributed by atoms with E-state index in [9.17, 15) is 5.26 Å². The molecule has 1 saturated carbocycles. The lowest BCUT2D eigenvalue weighted by Gasteiger charge is -2.39. The van der Waals surface area contributed by atoms with Gasteiger partial charge in [0, 0.05) is 18.7 Å². The quantitative estimate of drug-likeness (QED) is 0.718. The highest BCUT2D eigenvalue weighted by Crippen LogP contribution is 2.31. The fraction of sp³-hybridized carbons (Fsp3) is 0.923. The average molecular weight is 222 g/mol. The molecule has 16 heavy (non-hydrogen) atoms. The molecule has 0 radical (unpaired) electrons. The predicted molar refractivity (Wildman–Crippen MR) is 62.9 cm³/mol. The van der Waals surface area contributed by atoms with E-state index in [0.717, 1.165) is 19.4 Å². The Bertz CT molecular complexity index is 274. The lowest BCUT2D eigenvalue weighted by Crippen LogP contribution is -2.47. The Labute approximate surface area is 98.4 Å². The molecular weight excluding hydrogens is 200 g/mol. The summed E-state index contributed by atoms with van der Waals surface area (Å²) in [5, 5.41) is 9.21. The first-order valence-electron chi connectivity index (χ1n) is 6.47. The maximum Gasteiger partial charge on any atom is 0.0703 e. The number of nitriles is 1. The van der Waals surface area contributed by atoms with E-state index in [1.165, 1.54) is 19.3 Å². The SMILES string of the molecule is CC1OCCC1N(C)C1CCCCC1C#N. The van der Waals surface area contributed by atoms with Gasteiger partial charge in [0.15, 0.2) is 0 Å². The molecule has 2 rings (SSSR count). The number of hydrogen-bond acceptors (Lipinski definition) is 3. The molecule has 1 aliphatic carbocycles. The van der Waals surface area contributed by atoms with Crippen LogP contribution in [0.4, 0.5) is 0 Å². The number of ether oxygens (including phenoxy) is 1. The van der Waals surface area contributed by atoms with E-state index in [0.29, 0.717) is 18.2 Å². The Kier molecular flexibility index (Phi) is 3.83. The van der Waals surface area contributed by atoms with Crippen molar-refractivity contribution in [2.24, 2.45) is 5.92 Å². The van der Waals surface area contributed by atoms with Crippen molar-refractivity contribution in [2.45, 2.75) is 57.2 Å². The molecule has 0 aromatic rings. The van der Waals surface area contributed by atoms with Gasteiger partial charge in [0.1, 0.15) is 0 Å². The Morgan fingerprint density at radius 3 is 2.56 bits per heavy atom. The summed E-state index contributed by atoms with van der Waals surface area (Å²) in [6.07, 6.45) is 6.19. The van der Waals surface area contributed by atoms with Gasteiger partial charge < -0.3 is 4.74 Å². The van der Waals surface area contributed by atoms with E-state index in [4.69, 9.17) is 4.74 Å². The van der Waals surface area contributed by atoms with Gasteiger partial charge in [-0.1, -0.05) is 12.8 Å². The van der Waals surface area contributed by atoms with Crippen LogP contribution < -0.4 is 0 Å². The van der Waals surface area contributed by atoms with Crippen LogP contribution >= 0.6 is 0 Å². The van der Waals surface area contributed by atoms with Crippen LogP contribution in [0.2, 0.25) is 0 Å². The third kappa shape index (κ3) is 2.23. The highest BCUT2D eigenvalue weighted by atomic mass is 16.5. The molecule has 3 nitrogen and oxygen atoms in total. The zero-order valence-electron chi connectivity index (χ0n) is 10.4. The maximum absolute atomic E-state index is 9.21. The molecule has 0 aromatic heterocycles. The molecule has 4 unspecified atom stereocenters. The summed E-state index contributed by atoms with van der Waals surface area (Å²) in [6, 6.07) is 3.46. The van der Waals surface area contributed by atoms with Gasteiger partial charge in [-0.15, -0.1) is 0 Å². The summed E-state index contributed by atoms with van der Waals surface area (Å²) in [6.45, 7) is 3.03. The molecule has 3 heteroatoms. The highest BCUT2D eigenvalue weighted by molar-refractivity contribution is 4.97. The van der Waals surface area contributed by atoms with Crippen LogP contribution in [-0.2, 0) is 4.74 Å². The lowest BCUT2D eigenvalue weighted by atomic mass is 9.83. The van der Waals surface area contributed by atoms with Crippen LogP contribution in [0.1, 0.15) is 39.0 Å². The van der Waals surface area contributed by atoms with Gasteiger partial charge in [0.2, 0.25) is 0 Å².